The zero-order valence-corrected chi connectivity index (χ0v) is 26.5. The van der Waals surface area contributed by atoms with Gasteiger partial charge in [-0.3, -0.25) is 0 Å². The smallest absolute Gasteiger partial charge is 0.136 e. The number of allylic oxidation sites excluding steroid dienone is 1. The molecule has 7 aromatic carbocycles. The third kappa shape index (κ3) is 4.99. The van der Waals surface area contributed by atoms with Crippen molar-refractivity contribution in [3.8, 4) is 33.4 Å². The van der Waals surface area contributed by atoms with Crippen LogP contribution in [0.5, 0.6) is 0 Å². The van der Waals surface area contributed by atoms with Gasteiger partial charge < -0.3 is 9.32 Å². The molecule has 0 saturated carbocycles. The first-order valence-electron chi connectivity index (χ1n) is 16.7. The standard InChI is InChI=1S/C46H33NO/c1-3-13-32(14-4-1)33-23-25-34(26-24-33)39-19-9-11-21-43(39)47(38-17-5-2-6-18-38)44-22-12-10-20-40(44)37-27-28-45-41(30-37)42-29-35-15-7-8-16-36(35)31-46(42)48-45/h1-6,8-14,16-31H,7,15H2. The highest BCUT2D eigenvalue weighted by atomic mass is 16.3. The van der Waals surface area contributed by atoms with Crippen LogP contribution in [-0.2, 0) is 6.42 Å². The van der Waals surface area contributed by atoms with Gasteiger partial charge in [0.2, 0.25) is 0 Å². The number of rotatable bonds is 6. The number of hydrogen-bond donors (Lipinski definition) is 0. The predicted molar refractivity (Wildman–Crippen MR) is 202 cm³/mol. The normalized spacial score (nSPS) is 12.3. The molecular formula is C46H33NO. The lowest BCUT2D eigenvalue weighted by molar-refractivity contribution is 0.668. The molecule has 0 N–H and O–H groups in total. The van der Waals surface area contributed by atoms with E-state index in [1.54, 1.807) is 0 Å². The first-order valence-corrected chi connectivity index (χ1v) is 16.7. The number of nitrogens with zero attached hydrogens (tertiary/aromatic N) is 1. The summed E-state index contributed by atoms with van der Waals surface area (Å²) in [6, 6.07) is 58.8. The SMILES string of the molecule is C1=Cc2cc3oc4ccc(-c5ccccc5N(c5ccccc5)c5ccccc5-c5ccc(-c6ccccc6)cc5)cc4c3cc2CC1. The number of furan rings is 1. The van der Waals surface area contributed by atoms with Crippen LogP contribution in [0, 0.1) is 0 Å². The molecule has 0 bridgehead atoms. The Balaban J connectivity index is 1.19. The van der Waals surface area contributed by atoms with Crippen LogP contribution in [-0.4, -0.2) is 0 Å². The zero-order valence-electron chi connectivity index (χ0n) is 26.5. The Kier molecular flexibility index (Phi) is 6.98. The van der Waals surface area contributed by atoms with Crippen molar-refractivity contribution in [3.05, 3.63) is 181 Å². The number of aryl methyl sites for hydroxylation is 1. The lowest BCUT2D eigenvalue weighted by atomic mass is 9.94. The van der Waals surface area contributed by atoms with Gasteiger partial charge in [-0.05, 0) is 94.8 Å². The van der Waals surface area contributed by atoms with Crippen molar-refractivity contribution in [3.63, 3.8) is 0 Å². The molecule has 0 aliphatic heterocycles. The zero-order chi connectivity index (χ0) is 31.9. The fourth-order valence-corrected chi connectivity index (χ4v) is 7.15. The van der Waals surface area contributed by atoms with Gasteiger partial charge in [-0.15, -0.1) is 0 Å². The summed E-state index contributed by atoms with van der Waals surface area (Å²) in [7, 11) is 0. The Morgan fingerprint density at radius 1 is 0.458 bits per heavy atom. The van der Waals surface area contributed by atoms with Gasteiger partial charge in [0.05, 0.1) is 11.4 Å². The van der Waals surface area contributed by atoms with E-state index in [-0.39, 0.29) is 0 Å². The number of hydrogen-bond acceptors (Lipinski definition) is 2. The predicted octanol–water partition coefficient (Wildman–Crippen LogP) is 13.0. The van der Waals surface area contributed by atoms with Crippen molar-refractivity contribution >= 4 is 45.1 Å². The molecule has 48 heavy (non-hydrogen) atoms. The second-order valence-corrected chi connectivity index (χ2v) is 12.4. The maximum atomic E-state index is 6.38. The van der Waals surface area contributed by atoms with E-state index in [0.717, 1.165) is 57.6 Å². The molecule has 2 heteroatoms. The summed E-state index contributed by atoms with van der Waals surface area (Å²) in [6.07, 6.45) is 6.63. The van der Waals surface area contributed by atoms with E-state index >= 15 is 0 Å². The van der Waals surface area contributed by atoms with Crippen LogP contribution in [0.15, 0.2) is 174 Å². The van der Waals surface area contributed by atoms with E-state index in [9.17, 15) is 0 Å². The Morgan fingerprint density at radius 3 is 1.79 bits per heavy atom. The largest absolute Gasteiger partial charge is 0.456 e. The monoisotopic (exact) mass is 615 g/mol. The number of benzene rings is 7. The van der Waals surface area contributed by atoms with Gasteiger partial charge in [0, 0.05) is 27.6 Å². The van der Waals surface area contributed by atoms with Crippen molar-refractivity contribution < 1.29 is 4.42 Å². The van der Waals surface area contributed by atoms with Gasteiger partial charge in [0.15, 0.2) is 0 Å². The van der Waals surface area contributed by atoms with E-state index in [4.69, 9.17) is 4.42 Å². The minimum absolute atomic E-state index is 0.918. The second-order valence-electron chi connectivity index (χ2n) is 12.4. The molecule has 9 rings (SSSR count). The first kappa shape index (κ1) is 28.1. The Bertz CT molecular complexity index is 2440. The van der Waals surface area contributed by atoms with Crippen LogP contribution in [0.1, 0.15) is 17.5 Å². The van der Waals surface area contributed by atoms with E-state index in [0.29, 0.717) is 0 Å². The molecule has 0 amide bonds. The summed E-state index contributed by atoms with van der Waals surface area (Å²) in [5, 5.41) is 2.34. The van der Waals surface area contributed by atoms with Gasteiger partial charge in [-0.25, -0.2) is 0 Å². The third-order valence-corrected chi connectivity index (χ3v) is 9.53. The third-order valence-electron chi connectivity index (χ3n) is 9.53. The maximum Gasteiger partial charge on any atom is 0.136 e. The van der Waals surface area contributed by atoms with Gasteiger partial charge in [0.1, 0.15) is 11.2 Å². The highest BCUT2D eigenvalue weighted by Crippen LogP contribution is 2.45. The van der Waals surface area contributed by atoms with E-state index in [1.807, 2.05) is 0 Å². The summed E-state index contributed by atoms with van der Waals surface area (Å²) in [5.41, 5.74) is 15.0. The number of fused-ring (bicyclic) bond motifs is 4. The molecule has 0 saturated heterocycles. The van der Waals surface area contributed by atoms with Crippen molar-refractivity contribution in [2.45, 2.75) is 12.8 Å². The number of para-hydroxylation sites is 3. The Hall–Kier alpha value is -6.12. The van der Waals surface area contributed by atoms with Crippen LogP contribution in [0.2, 0.25) is 0 Å². The molecule has 1 aliphatic rings. The molecular weight excluding hydrogens is 583 g/mol. The Morgan fingerprint density at radius 2 is 1.04 bits per heavy atom. The summed E-state index contributed by atoms with van der Waals surface area (Å²) in [5.74, 6) is 0. The average molecular weight is 616 g/mol. The van der Waals surface area contributed by atoms with Crippen LogP contribution < -0.4 is 4.90 Å². The molecule has 0 fully saturated rings. The van der Waals surface area contributed by atoms with Gasteiger partial charge in [0.25, 0.3) is 0 Å². The summed E-state index contributed by atoms with van der Waals surface area (Å²) >= 11 is 0. The van der Waals surface area contributed by atoms with Crippen molar-refractivity contribution in [1.82, 2.24) is 0 Å². The molecule has 1 aliphatic carbocycles. The lowest BCUT2D eigenvalue weighted by Crippen LogP contribution is -2.12. The van der Waals surface area contributed by atoms with Crippen LogP contribution >= 0.6 is 0 Å². The summed E-state index contributed by atoms with van der Waals surface area (Å²) < 4.78 is 6.38. The highest BCUT2D eigenvalue weighted by molar-refractivity contribution is 6.08. The molecule has 0 spiro atoms. The summed E-state index contributed by atoms with van der Waals surface area (Å²) in [4.78, 5) is 2.40. The Labute approximate surface area is 280 Å². The van der Waals surface area contributed by atoms with Crippen molar-refractivity contribution in [1.29, 1.82) is 0 Å². The van der Waals surface area contributed by atoms with Gasteiger partial charge in [-0.2, -0.15) is 0 Å². The topological polar surface area (TPSA) is 16.4 Å². The second kappa shape index (κ2) is 11.9. The molecule has 8 aromatic rings. The van der Waals surface area contributed by atoms with Crippen molar-refractivity contribution in [2.24, 2.45) is 0 Å². The first-order chi connectivity index (χ1) is 23.8. The van der Waals surface area contributed by atoms with Crippen LogP contribution in [0.3, 0.4) is 0 Å². The summed E-state index contributed by atoms with van der Waals surface area (Å²) in [6.45, 7) is 0. The van der Waals surface area contributed by atoms with E-state index in [1.165, 1.54) is 38.8 Å². The fourth-order valence-electron chi connectivity index (χ4n) is 7.15. The van der Waals surface area contributed by atoms with E-state index in [2.05, 4.69) is 181 Å². The molecule has 2 nitrogen and oxygen atoms in total. The molecule has 1 aromatic heterocycles. The van der Waals surface area contributed by atoms with E-state index < -0.39 is 0 Å². The molecule has 0 atom stereocenters. The fraction of sp³-hybridized carbons (Fsp3) is 0.0435. The molecule has 228 valence electrons. The van der Waals surface area contributed by atoms with Crippen molar-refractivity contribution in [2.75, 3.05) is 4.90 Å². The average Bonchev–Trinajstić information content (AvgIpc) is 3.52. The molecule has 1 heterocycles. The lowest BCUT2D eigenvalue weighted by Gasteiger charge is -2.30. The maximum absolute atomic E-state index is 6.38. The van der Waals surface area contributed by atoms with Gasteiger partial charge in [-0.1, -0.05) is 127 Å². The van der Waals surface area contributed by atoms with Gasteiger partial charge >= 0.3 is 0 Å². The van der Waals surface area contributed by atoms with Crippen LogP contribution in [0.25, 0.3) is 61.4 Å². The minimum Gasteiger partial charge on any atom is -0.456 e. The number of anilines is 3. The highest BCUT2D eigenvalue weighted by Gasteiger charge is 2.21. The molecule has 0 radical (unpaired) electrons. The van der Waals surface area contributed by atoms with Crippen LogP contribution in [0.4, 0.5) is 17.1 Å². The molecule has 0 unspecified atom stereocenters. The minimum atomic E-state index is 0.918. The quantitative estimate of drug-likeness (QED) is 0.185.